The van der Waals surface area contributed by atoms with Crippen LogP contribution in [0.15, 0.2) is 76.0 Å². The number of hydrogen-bond acceptors (Lipinski definition) is 6. The number of phenolic OH excluding ortho intramolecular Hbond substituents is 1. The van der Waals surface area contributed by atoms with Crippen LogP contribution in [0, 0.1) is 13.7 Å². The van der Waals surface area contributed by atoms with Crippen LogP contribution >= 0.6 is 45.5 Å². The zero-order valence-corrected chi connectivity index (χ0v) is 22.8. The number of halogens is 2. The van der Waals surface area contributed by atoms with Gasteiger partial charge in [0.1, 0.15) is 0 Å². The van der Waals surface area contributed by atoms with Crippen LogP contribution in [-0.2, 0) is 6.42 Å². The van der Waals surface area contributed by atoms with E-state index in [9.17, 15) is 20.0 Å². The van der Waals surface area contributed by atoms with Crippen molar-refractivity contribution in [3.63, 3.8) is 0 Å². The van der Waals surface area contributed by atoms with Crippen LogP contribution in [0.1, 0.15) is 34.7 Å². The molecule has 0 radical (unpaired) electrons. The molecule has 1 N–H and O–H groups in total. The van der Waals surface area contributed by atoms with Crippen LogP contribution in [-0.4, -0.2) is 14.6 Å². The van der Waals surface area contributed by atoms with Crippen molar-refractivity contribution in [1.82, 2.24) is 4.57 Å². The third kappa shape index (κ3) is 4.11. The molecule has 7 nitrogen and oxygen atoms in total. The Morgan fingerprint density at radius 3 is 2.68 bits per heavy atom. The molecule has 2 aliphatic rings. The summed E-state index contributed by atoms with van der Waals surface area (Å²) in [5.74, 6) is -0.390. The molecule has 1 aromatic heterocycles. The number of phenols is 1. The Balaban J connectivity index is 1.61. The molecule has 4 aromatic rings. The molecule has 6 rings (SSSR count). The predicted molar refractivity (Wildman–Crippen MR) is 152 cm³/mol. The molecule has 2 heterocycles. The molecule has 0 fully saturated rings. The smallest absolute Gasteiger partial charge is 0.312 e. The van der Waals surface area contributed by atoms with Crippen molar-refractivity contribution in [3.05, 3.63) is 127 Å². The minimum Gasteiger partial charge on any atom is -0.501 e. The summed E-state index contributed by atoms with van der Waals surface area (Å²) in [5.41, 5.74) is 5.04. The van der Waals surface area contributed by atoms with E-state index in [0.717, 1.165) is 35.2 Å². The molecule has 3 aromatic carbocycles. The third-order valence-electron chi connectivity index (χ3n) is 6.62. The number of nitro groups is 1. The molecule has 1 aliphatic heterocycles. The van der Waals surface area contributed by atoms with Crippen LogP contribution in [0.25, 0.3) is 11.8 Å². The Morgan fingerprint density at radius 2 is 1.92 bits per heavy atom. The number of aryl methyl sites for hydroxylation is 1. The molecule has 0 saturated heterocycles. The third-order valence-corrected chi connectivity index (χ3v) is 8.68. The lowest BCUT2D eigenvalue weighted by atomic mass is 9.83. The van der Waals surface area contributed by atoms with E-state index in [1.807, 2.05) is 59.0 Å². The van der Waals surface area contributed by atoms with E-state index in [2.05, 4.69) is 12.1 Å². The summed E-state index contributed by atoms with van der Waals surface area (Å²) in [5, 5.41) is 22.1. The molecule has 0 bridgehead atoms. The van der Waals surface area contributed by atoms with E-state index in [0.29, 0.717) is 23.5 Å². The van der Waals surface area contributed by atoms with Gasteiger partial charge in [-0.3, -0.25) is 19.5 Å². The number of fused-ring (bicyclic) bond motifs is 3. The van der Waals surface area contributed by atoms with Crippen LogP contribution in [0.2, 0.25) is 5.02 Å². The lowest BCUT2D eigenvalue weighted by Crippen LogP contribution is -2.38. The molecule has 37 heavy (non-hydrogen) atoms. The number of aromatic nitrogens is 1. The van der Waals surface area contributed by atoms with Crippen molar-refractivity contribution in [2.45, 2.75) is 18.9 Å². The maximum atomic E-state index is 13.8. The standard InChI is InChI=1S/C27H17ClIN3O4S/c28-17-8-5-16(6-9-17)24-19-10-7-15-3-1-2-4-18(15)23(19)30-27-31(24)26(34)22(37-27)13-14-11-20(29)25(33)21(12-14)32(35)36/h1-6,8-9,11-13,24,33H,7,10H2/b22-13+. The highest BCUT2D eigenvalue weighted by molar-refractivity contribution is 14.1. The van der Waals surface area contributed by atoms with Gasteiger partial charge in [0.15, 0.2) is 4.80 Å². The summed E-state index contributed by atoms with van der Waals surface area (Å²) >= 11 is 9.26. The second kappa shape index (κ2) is 9.23. The zero-order chi connectivity index (χ0) is 25.8. The van der Waals surface area contributed by atoms with E-state index >= 15 is 0 Å². The summed E-state index contributed by atoms with van der Waals surface area (Å²) in [4.78, 5) is 30.1. The van der Waals surface area contributed by atoms with Crippen LogP contribution in [0.3, 0.4) is 0 Å². The molecule has 1 aliphatic carbocycles. The topological polar surface area (TPSA) is 97.7 Å². The first kappa shape index (κ1) is 24.1. The Kier molecular flexibility index (Phi) is 6.01. The fraction of sp³-hybridized carbons (Fsp3) is 0.111. The highest BCUT2D eigenvalue weighted by Crippen LogP contribution is 2.41. The molecular weight excluding hydrogens is 625 g/mol. The molecule has 10 heteroatoms. The molecule has 0 amide bonds. The highest BCUT2D eigenvalue weighted by atomic mass is 127. The van der Waals surface area contributed by atoms with E-state index in [4.69, 9.17) is 16.6 Å². The second-order valence-electron chi connectivity index (χ2n) is 8.79. The molecular formula is C27H17ClIN3O4S. The van der Waals surface area contributed by atoms with Crippen LogP contribution in [0.4, 0.5) is 5.69 Å². The number of nitro benzene ring substituents is 1. The number of hydrogen-bond donors (Lipinski definition) is 1. The lowest BCUT2D eigenvalue weighted by Gasteiger charge is -2.30. The predicted octanol–water partition coefficient (Wildman–Crippen LogP) is 5.19. The van der Waals surface area contributed by atoms with Crippen molar-refractivity contribution in [2.75, 3.05) is 0 Å². The molecule has 184 valence electrons. The number of rotatable bonds is 3. The minimum absolute atomic E-state index is 0.222. The number of aromatic hydroxyl groups is 1. The van der Waals surface area contributed by atoms with Gasteiger partial charge in [-0.1, -0.05) is 59.3 Å². The van der Waals surface area contributed by atoms with Gasteiger partial charge in [-0.05, 0) is 82.0 Å². The first-order valence-corrected chi connectivity index (χ1v) is 13.6. The Hall–Kier alpha value is -3.28. The van der Waals surface area contributed by atoms with Gasteiger partial charge in [-0.2, -0.15) is 0 Å². The lowest BCUT2D eigenvalue weighted by molar-refractivity contribution is -0.386. The Bertz CT molecular complexity index is 1830. The SMILES string of the molecule is O=c1/c(=C\c2cc(I)c(O)c([N+](=O)[O-])c2)sc2n1C(c1ccc(Cl)cc1)C1=C(N=2)c2ccccc2CC1. The summed E-state index contributed by atoms with van der Waals surface area (Å²) in [6.07, 6.45) is 3.25. The maximum absolute atomic E-state index is 13.8. The normalized spacial score (nSPS) is 16.6. The van der Waals surface area contributed by atoms with E-state index in [-0.39, 0.29) is 11.6 Å². The largest absolute Gasteiger partial charge is 0.501 e. The van der Waals surface area contributed by atoms with Gasteiger partial charge in [-0.15, -0.1) is 0 Å². The summed E-state index contributed by atoms with van der Waals surface area (Å²) < 4.78 is 2.45. The van der Waals surface area contributed by atoms with Crippen molar-refractivity contribution < 1.29 is 10.0 Å². The van der Waals surface area contributed by atoms with Gasteiger partial charge in [0.25, 0.3) is 5.56 Å². The number of nitrogens with zero attached hydrogens (tertiary/aromatic N) is 3. The highest BCUT2D eigenvalue weighted by Gasteiger charge is 2.32. The summed E-state index contributed by atoms with van der Waals surface area (Å²) in [6.45, 7) is 0. The number of allylic oxidation sites excluding steroid dienone is 1. The van der Waals surface area contributed by atoms with Crippen LogP contribution in [0.5, 0.6) is 5.75 Å². The number of benzene rings is 3. The van der Waals surface area contributed by atoms with Crippen molar-refractivity contribution in [3.8, 4) is 5.75 Å². The number of thiazole rings is 1. The van der Waals surface area contributed by atoms with E-state index in [1.54, 1.807) is 16.7 Å². The Morgan fingerprint density at radius 1 is 1.16 bits per heavy atom. The fourth-order valence-corrected chi connectivity index (χ4v) is 6.71. The summed E-state index contributed by atoms with van der Waals surface area (Å²) in [6, 6.07) is 18.3. The zero-order valence-electron chi connectivity index (χ0n) is 19.0. The van der Waals surface area contributed by atoms with Gasteiger partial charge in [-0.25, -0.2) is 4.99 Å². The van der Waals surface area contributed by atoms with E-state index in [1.165, 1.54) is 23.0 Å². The molecule has 0 spiro atoms. The molecule has 0 saturated carbocycles. The monoisotopic (exact) mass is 641 g/mol. The second-order valence-corrected chi connectivity index (χ2v) is 11.4. The van der Waals surface area contributed by atoms with Gasteiger partial charge in [0, 0.05) is 16.7 Å². The molecule has 1 atom stereocenters. The summed E-state index contributed by atoms with van der Waals surface area (Å²) in [7, 11) is 0. The van der Waals surface area contributed by atoms with Crippen molar-refractivity contribution >= 4 is 63.0 Å². The van der Waals surface area contributed by atoms with Crippen LogP contribution < -0.4 is 14.9 Å². The van der Waals surface area contributed by atoms with E-state index < -0.39 is 16.4 Å². The molecule has 1 unspecified atom stereocenters. The maximum Gasteiger partial charge on any atom is 0.312 e. The van der Waals surface area contributed by atoms with Gasteiger partial charge >= 0.3 is 5.69 Å². The van der Waals surface area contributed by atoms with Gasteiger partial charge in [0.2, 0.25) is 5.75 Å². The average molecular weight is 642 g/mol. The first-order valence-electron chi connectivity index (χ1n) is 11.4. The Labute approximate surface area is 233 Å². The van der Waals surface area contributed by atoms with Crippen molar-refractivity contribution in [1.29, 1.82) is 0 Å². The van der Waals surface area contributed by atoms with Gasteiger partial charge in [0.05, 0.1) is 24.8 Å². The van der Waals surface area contributed by atoms with Crippen molar-refractivity contribution in [2.24, 2.45) is 4.99 Å². The minimum atomic E-state index is -0.636. The quantitative estimate of drug-likeness (QED) is 0.189. The van der Waals surface area contributed by atoms with Gasteiger partial charge < -0.3 is 5.11 Å². The average Bonchev–Trinajstić information content (AvgIpc) is 3.19. The first-order chi connectivity index (χ1) is 17.8. The fourth-order valence-electron chi connectivity index (χ4n) is 4.95.